The number of carbonyl (C=O) groups is 3. The molecule has 0 aliphatic rings. The van der Waals surface area contributed by atoms with Crippen molar-refractivity contribution < 1.29 is 51.2 Å². The Hall–Kier alpha value is -2.58. The molecule has 0 heterocycles. The van der Waals surface area contributed by atoms with E-state index in [4.69, 9.17) is 14.2 Å². The van der Waals surface area contributed by atoms with Crippen LogP contribution in [0, 0.1) is 6.92 Å². The molecule has 0 bridgehead atoms. The summed E-state index contributed by atoms with van der Waals surface area (Å²) in [6.45, 7) is 1.93. The molecular formula is C26H41NO11S. The van der Waals surface area contributed by atoms with E-state index in [-0.39, 0.29) is 81.7 Å². The Morgan fingerprint density at radius 2 is 1.05 bits per heavy atom. The standard InChI is InChI=1S/C26H41NO11S/c1-21-11-13-22(14-12-21)39(31,32)27-26(18-36-15-5-8-23(28)33-2,19-37-16-6-9-24(29)34-3)20-38-17-7-10-25(30)35-4/h11-14,27H,5-10,15-20H2,1-4H3. The van der Waals surface area contributed by atoms with Crippen molar-refractivity contribution in [1.29, 1.82) is 0 Å². The van der Waals surface area contributed by atoms with Crippen LogP contribution in [0.25, 0.3) is 0 Å². The summed E-state index contributed by atoms with van der Waals surface area (Å²) in [5.41, 5.74) is -0.456. The zero-order valence-corrected chi connectivity index (χ0v) is 24.0. The van der Waals surface area contributed by atoms with Crippen molar-refractivity contribution in [3.8, 4) is 0 Å². The molecule has 1 rings (SSSR count). The average Bonchev–Trinajstić information content (AvgIpc) is 2.91. The molecule has 0 atom stereocenters. The van der Waals surface area contributed by atoms with E-state index in [2.05, 4.69) is 18.9 Å². The number of methoxy groups -OCH3 is 3. The fourth-order valence-electron chi connectivity index (χ4n) is 3.34. The van der Waals surface area contributed by atoms with Gasteiger partial charge in [0.25, 0.3) is 0 Å². The number of carbonyl (C=O) groups excluding carboxylic acids is 3. The van der Waals surface area contributed by atoms with Crippen molar-refractivity contribution >= 4 is 27.9 Å². The number of hydrogen-bond donors (Lipinski definition) is 1. The Balaban J connectivity index is 3.05. The van der Waals surface area contributed by atoms with E-state index in [0.29, 0.717) is 19.3 Å². The molecule has 0 aliphatic heterocycles. The molecule has 0 fully saturated rings. The second-order valence-electron chi connectivity index (χ2n) is 8.90. The van der Waals surface area contributed by atoms with Gasteiger partial charge in [0.2, 0.25) is 10.0 Å². The molecule has 1 N–H and O–H groups in total. The number of hydrogen-bond acceptors (Lipinski definition) is 11. The van der Waals surface area contributed by atoms with Gasteiger partial charge in [-0.2, -0.15) is 4.72 Å². The van der Waals surface area contributed by atoms with Crippen LogP contribution in [-0.4, -0.2) is 92.8 Å². The number of rotatable bonds is 21. The molecule has 0 spiro atoms. The number of esters is 3. The number of nitrogens with one attached hydrogen (secondary N) is 1. The zero-order valence-electron chi connectivity index (χ0n) is 23.2. The minimum absolute atomic E-state index is 0.0551. The van der Waals surface area contributed by atoms with Gasteiger partial charge in [-0.25, -0.2) is 8.42 Å². The molecule has 0 aromatic heterocycles. The SMILES string of the molecule is COC(=O)CCCOCC(COCCCC(=O)OC)(COCCCC(=O)OC)NS(=O)(=O)c1ccc(C)cc1. The molecule has 0 unspecified atom stereocenters. The fraction of sp³-hybridized carbons (Fsp3) is 0.654. The second-order valence-corrected chi connectivity index (χ2v) is 10.6. The van der Waals surface area contributed by atoms with E-state index in [1.165, 1.54) is 33.5 Å². The highest BCUT2D eigenvalue weighted by Gasteiger charge is 2.37. The lowest BCUT2D eigenvalue weighted by Gasteiger charge is -2.34. The van der Waals surface area contributed by atoms with Crippen molar-refractivity contribution in [2.24, 2.45) is 0 Å². The first-order valence-electron chi connectivity index (χ1n) is 12.6. The molecule has 222 valence electrons. The Morgan fingerprint density at radius 3 is 1.38 bits per heavy atom. The van der Waals surface area contributed by atoms with Crippen LogP contribution in [-0.2, 0) is 52.8 Å². The number of sulfonamides is 1. The quantitative estimate of drug-likeness (QED) is 0.130. The van der Waals surface area contributed by atoms with Gasteiger partial charge in [-0.05, 0) is 38.3 Å². The Bertz CT molecular complexity index is 916. The average molecular weight is 576 g/mol. The number of aryl methyl sites for hydroxylation is 1. The molecule has 1 aromatic rings. The third kappa shape index (κ3) is 14.4. The third-order valence-electron chi connectivity index (χ3n) is 5.51. The molecule has 0 saturated carbocycles. The first-order chi connectivity index (χ1) is 18.6. The molecule has 0 aliphatic carbocycles. The van der Waals surface area contributed by atoms with Crippen molar-refractivity contribution in [2.75, 3.05) is 61.0 Å². The summed E-state index contributed by atoms with van der Waals surface area (Å²) in [5, 5.41) is 0. The van der Waals surface area contributed by atoms with Crippen molar-refractivity contribution in [3.63, 3.8) is 0 Å². The lowest BCUT2D eigenvalue weighted by Crippen LogP contribution is -2.58. The van der Waals surface area contributed by atoms with E-state index in [1.54, 1.807) is 12.1 Å². The number of ether oxygens (including phenoxy) is 6. The van der Waals surface area contributed by atoms with Gasteiger partial charge < -0.3 is 28.4 Å². The molecule has 0 saturated heterocycles. The van der Waals surface area contributed by atoms with Gasteiger partial charge in [0, 0.05) is 39.1 Å². The third-order valence-corrected chi connectivity index (χ3v) is 7.10. The molecule has 1 aromatic carbocycles. The van der Waals surface area contributed by atoms with Crippen LogP contribution in [0.2, 0.25) is 0 Å². The lowest BCUT2D eigenvalue weighted by atomic mass is 10.1. The molecule has 0 radical (unpaired) electrons. The Kier molecular flexibility index (Phi) is 16.5. The maximum absolute atomic E-state index is 13.3. The lowest BCUT2D eigenvalue weighted by molar-refractivity contribution is -0.141. The first-order valence-corrected chi connectivity index (χ1v) is 14.1. The van der Waals surface area contributed by atoms with Gasteiger partial charge in [-0.1, -0.05) is 17.7 Å². The van der Waals surface area contributed by atoms with Crippen LogP contribution in [0.5, 0.6) is 0 Å². The normalized spacial score (nSPS) is 11.7. The van der Waals surface area contributed by atoms with Crippen LogP contribution in [0.1, 0.15) is 44.1 Å². The van der Waals surface area contributed by atoms with Gasteiger partial charge in [-0.3, -0.25) is 14.4 Å². The molecule has 39 heavy (non-hydrogen) atoms. The first kappa shape index (κ1) is 34.4. The molecule has 0 amide bonds. The molecule has 13 heteroatoms. The minimum Gasteiger partial charge on any atom is -0.469 e. The maximum Gasteiger partial charge on any atom is 0.305 e. The van der Waals surface area contributed by atoms with Gasteiger partial charge in [0.1, 0.15) is 5.54 Å². The van der Waals surface area contributed by atoms with E-state index in [0.717, 1.165) is 5.56 Å². The predicted molar refractivity (Wildman–Crippen MR) is 140 cm³/mol. The minimum atomic E-state index is -4.03. The summed E-state index contributed by atoms with van der Waals surface area (Å²) in [4.78, 5) is 34.3. The monoisotopic (exact) mass is 575 g/mol. The summed E-state index contributed by atoms with van der Waals surface area (Å²) in [6.07, 6.45) is 1.54. The van der Waals surface area contributed by atoms with E-state index < -0.39 is 15.6 Å². The highest BCUT2D eigenvalue weighted by atomic mass is 32.2. The van der Waals surface area contributed by atoms with Crippen LogP contribution in [0.4, 0.5) is 0 Å². The van der Waals surface area contributed by atoms with Gasteiger partial charge in [0.05, 0.1) is 46.0 Å². The van der Waals surface area contributed by atoms with E-state index in [9.17, 15) is 22.8 Å². The summed E-state index contributed by atoms with van der Waals surface area (Å²) in [7, 11) is -0.143. The summed E-state index contributed by atoms with van der Waals surface area (Å²) >= 11 is 0. The fourth-order valence-corrected chi connectivity index (χ4v) is 4.70. The van der Waals surface area contributed by atoms with Crippen LogP contribution < -0.4 is 4.72 Å². The van der Waals surface area contributed by atoms with Crippen molar-refractivity contribution in [1.82, 2.24) is 4.72 Å². The van der Waals surface area contributed by atoms with Crippen LogP contribution in [0.3, 0.4) is 0 Å². The number of benzene rings is 1. The Labute approximate surface area is 230 Å². The topological polar surface area (TPSA) is 153 Å². The van der Waals surface area contributed by atoms with Crippen LogP contribution >= 0.6 is 0 Å². The highest BCUT2D eigenvalue weighted by Crippen LogP contribution is 2.18. The van der Waals surface area contributed by atoms with E-state index in [1.807, 2.05) is 6.92 Å². The van der Waals surface area contributed by atoms with Gasteiger partial charge in [-0.15, -0.1) is 0 Å². The second kappa shape index (κ2) is 18.7. The van der Waals surface area contributed by atoms with Crippen LogP contribution in [0.15, 0.2) is 29.2 Å². The molecular weight excluding hydrogens is 534 g/mol. The highest BCUT2D eigenvalue weighted by molar-refractivity contribution is 7.89. The zero-order chi connectivity index (χ0) is 29.2. The molecule has 12 nitrogen and oxygen atoms in total. The maximum atomic E-state index is 13.3. The van der Waals surface area contributed by atoms with Gasteiger partial charge in [0.15, 0.2) is 0 Å². The van der Waals surface area contributed by atoms with E-state index >= 15 is 0 Å². The van der Waals surface area contributed by atoms with Crippen molar-refractivity contribution in [2.45, 2.75) is 55.9 Å². The summed E-state index contributed by atoms with van der Waals surface area (Å²) < 4.78 is 60.6. The van der Waals surface area contributed by atoms with Gasteiger partial charge >= 0.3 is 17.9 Å². The predicted octanol–water partition coefficient (Wildman–Crippen LogP) is 1.92. The summed E-state index contributed by atoms with van der Waals surface area (Å²) in [6, 6.07) is 6.36. The largest absolute Gasteiger partial charge is 0.469 e. The Morgan fingerprint density at radius 1 is 0.692 bits per heavy atom. The smallest absolute Gasteiger partial charge is 0.305 e. The summed E-state index contributed by atoms with van der Waals surface area (Å²) in [5.74, 6) is -1.14. The van der Waals surface area contributed by atoms with Crippen molar-refractivity contribution in [3.05, 3.63) is 29.8 Å².